The molecular weight excluding hydrogens is 321 g/mol. The Balaban J connectivity index is 2.25. The Labute approximate surface area is 117 Å². The Morgan fingerprint density at radius 1 is 1.39 bits per heavy atom. The van der Waals surface area contributed by atoms with Gasteiger partial charge in [-0.1, -0.05) is 17.7 Å². The van der Waals surface area contributed by atoms with E-state index in [1.54, 1.807) is 24.5 Å². The van der Waals surface area contributed by atoms with Crippen LogP contribution in [0.3, 0.4) is 0 Å². The SMILES string of the molecule is O=C(Cc1cncc(Br)c1)c1cccc(Cl)c1F. The van der Waals surface area contributed by atoms with Gasteiger partial charge in [-0.3, -0.25) is 9.78 Å². The second kappa shape index (κ2) is 5.59. The fraction of sp³-hybridized carbons (Fsp3) is 0.0769. The molecule has 0 saturated carbocycles. The van der Waals surface area contributed by atoms with Crippen molar-refractivity contribution in [2.45, 2.75) is 6.42 Å². The predicted molar refractivity (Wildman–Crippen MR) is 71.4 cm³/mol. The number of carbonyl (C=O) groups excluding carboxylic acids is 1. The molecule has 92 valence electrons. The smallest absolute Gasteiger partial charge is 0.170 e. The van der Waals surface area contributed by atoms with E-state index in [9.17, 15) is 9.18 Å². The van der Waals surface area contributed by atoms with Gasteiger partial charge in [-0.05, 0) is 39.7 Å². The Hall–Kier alpha value is -1.26. The molecule has 0 unspecified atom stereocenters. The van der Waals surface area contributed by atoms with Crippen LogP contribution in [-0.4, -0.2) is 10.8 Å². The van der Waals surface area contributed by atoms with Crippen molar-refractivity contribution in [3.05, 3.63) is 63.1 Å². The molecule has 0 radical (unpaired) electrons. The van der Waals surface area contributed by atoms with Gasteiger partial charge < -0.3 is 0 Å². The number of aromatic nitrogens is 1. The Bertz CT molecular complexity index is 603. The van der Waals surface area contributed by atoms with Crippen LogP contribution in [0.1, 0.15) is 15.9 Å². The molecule has 0 atom stereocenters. The molecule has 0 fully saturated rings. The molecule has 0 aliphatic carbocycles. The van der Waals surface area contributed by atoms with Crippen LogP contribution in [-0.2, 0) is 6.42 Å². The topological polar surface area (TPSA) is 30.0 Å². The number of Topliss-reactive ketones (excluding diaryl/α,β-unsaturated/α-hetero) is 1. The summed E-state index contributed by atoms with van der Waals surface area (Å²) < 4.78 is 14.4. The van der Waals surface area contributed by atoms with E-state index in [2.05, 4.69) is 20.9 Å². The minimum Gasteiger partial charge on any atom is -0.294 e. The molecule has 2 aromatic rings. The van der Waals surface area contributed by atoms with Gasteiger partial charge in [-0.25, -0.2) is 4.39 Å². The number of pyridine rings is 1. The van der Waals surface area contributed by atoms with Gasteiger partial charge in [-0.15, -0.1) is 0 Å². The lowest BCUT2D eigenvalue weighted by Gasteiger charge is -2.04. The van der Waals surface area contributed by atoms with E-state index in [1.165, 1.54) is 12.1 Å². The maximum Gasteiger partial charge on any atom is 0.170 e. The number of halogens is 3. The first-order valence-corrected chi connectivity index (χ1v) is 6.31. The third-order valence-corrected chi connectivity index (χ3v) is 3.10. The van der Waals surface area contributed by atoms with Gasteiger partial charge in [0.2, 0.25) is 0 Å². The molecule has 0 saturated heterocycles. The van der Waals surface area contributed by atoms with Crippen molar-refractivity contribution in [1.82, 2.24) is 4.98 Å². The standard InChI is InChI=1S/C13H8BrClFNO/c14-9-4-8(6-17-7-9)5-12(18)10-2-1-3-11(15)13(10)16/h1-4,6-7H,5H2. The second-order valence-corrected chi connectivity index (χ2v) is 5.04. The van der Waals surface area contributed by atoms with E-state index in [0.29, 0.717) is 5.56 Å². The molecule has 5 heteroatoms. The first-order chi connectivity index (χ1) is 8.58. The largest absolute Gasteiger partial charge is 0.294 e. The van der Waals surface area contributed by atoms with E-state index in [0.717, 1.165) is 4.47 Å². The molecule has 0 aliphatic rings. The fourth-order valence-corrected chi connectivity index (χ4v) is 2.14. The zero-order valence-corrected chi connectivity index (χ0v) is 11.5. The molecule has 2 nitrogen and oxygen atoms in total. The molecule has 18 heavy (non-hydrogen) atoms. The van der Waals surface area contributed by atoms with Gasteiger partial charge in [0.1, 0.15) is 0 Å². The van der Waals surface area contributed by atoms with Crippen molar-refractivity contribution in [3.63, 3.8) is 0 Å². The number of hydrogen-bond donors (Lipinski definition) is 0. The molecular formula is C13H8BrClFNO. The van der Waals surface area contributed by atoms with Crippen LogP contribution in [0.25, 0.3) is 0 Å². The van der Waals surface area contributed by atoms with E-state index in [4.69, 9.17) is 11.6 Å². The maximum atomic E-state index is 13.7. The highest BCUT2D eigenvalue weighted by atomic mass is 79.9. The Kier molecular flexibility index (Phi) is 4.09. The third kappa shape index (κ3) is 2.94. The molecule has 0 bridgehead atoms. The molecule has 0 amide bonds. The number of benzene rings is 1. The minimum atomic E-state index is -0.674. The second-order valence-electron chi connectivity index (χ2n) is 3.71. The number of hydrogen-bond acceptors (Lipinski definition) is 2. The normalized spacial score (nSPS) is 10.4. The van der Waals surface area contributed by atoms with Crippen LogP contribution < -0.4 is 0 Å². The summed E-state index contributed by atoms with van der Waals surface area (Å²) in [5, 5.41) is -0.0479. The molecule has 1 heterocycles. The van der Waals surface area contributed by atoms with Crippen LogP contribution in [0.15, 0.2) is 41.1 Å². The van der Waals surface area contributed by atoms with Gasteiger partial charge >= 0.3 is 0 Å². The van der Waals surface area contributed by atoms with Crippen LogP contribution >= 0.6 is 27.5 Å². The van der Waals surface area contributed by atoms with Crippen LogP contribution in [0.4, 0.5) is 4.39 Å². The van der Waals surface area contributed by atoms with E-state index in [1.807, 2.05) is 0 Å². The fourth-order valence-electron chi connectivity index (χ4n) is 1.55. The molecule has 0 N–H and O–H groups in total. The summed E-state index contributed by atoms with van der Waals surface area (Å²) >= 11 is 8.90. The number of nitrogens with zero attached hydrogens (tertiary/aromatic N) is 1. The predicted octanol–water partition coefficient (Wildman–Crippen LogP) is 4.06. The van der Waals surface area contributed by atoms with E-state index in [-0.39, 0.29) is 22.8 Å². The zero-order chi connectivity index (χ0) is 13.1. The summed E-state index contributed by atoms with van der Waals surface area (Å²) in [6, 6.07) is 6.16. The summed E-state index contributed by atoms with van der Waals surface area (Å²) in [6.07, 6.45) is 3.28. The van der Waals surface area contributed by atoms with Crippen molar-refractivity contribution in [2.24, 2.45) is 0 Å². The first-order valence-electron chi connectivity index (χ1n) is 5.14. The molecule has 1 aromatic heterocycles. The van der Waals surface area contributed by atoms with Gasteiger partial charge in [0.25, 0.3) is 0 Å². The average molecular weight is 329 g/mol. The molecule has 0 aliphatic heterocycles. The highest BCUT2D eigenvalue weighted by Crippen LogP contribution is 2.20. The maximum absolute atomic E-state index is 13.7. The molecule has 2 rings (SSSR count). The summed E-state index contributed by atoms with van der Waals surface area (Å²) in [5.74, 6) is -0.998. The number of carbonyl (C=O) groups is 1. The van der Waals surface area contributed by atoms with E-state index >= 15 is 0 Å². The van der Waals surface area contributed by atoms with Crippen molar-refractivity contribution < 1.29 is 9.18 Å². The lowest BCUT2D eigenvalue weighted by Crippen LogP contribution is -2.06. The lowest BCUT2D eigenvalue weighted by atomic mass is 10.0. The monoisotopic (exact) mass is 327 g/mol. The first kappa shape index (κ1) is 13.2. The third-order valence-electron chi connectivity index (χ3n) is 2.38. The van der Waals surface area contributed by atoms with Gasteiger partial charge in [0.15, 0.2) is 11.6 Å². The summed E-state index contributed by atoms with van der Waals surface area (Å²) in [7, 11) is 0. The lowest BCUT2D eigenvalue weighted by molar-refractivity contribution is 0.0989. The van der Waals surface area contributed by atoms with Crippen LogP contribution in [0, 0.1) is 5.82 Å². The average Bonchev–Trinajstić information content (AvgIpc) is 2.32. The van der Waals surface area contributed by atoms with Crippen molar-refractivity contribution in [2.75, 3.05) is 0 Å². The van der Waals surface area contributed by atoms with Gasteiger partial charge in [0, 0.05) is 23.3 Å². The summed E-state index contributed by atoms with van der Waals surface area (Å²) in [4.78, 5) is 15.9. The summed E-state index contributed by atoms with van der Waals surface area (Å²) in [5.41, 5.74) is 0.719. The Morgan fingerprint density at radius 2 is 2.17 bits per heavy atom. The molecule has 1 aromatic carbocycles. The minimum absolute atomic E-state index is 0.00229. The van der Waals surface area contributed by atoms with Gasteiger partial charge in [0.05, 0.1) is 10.6 Å². The summed E-state index contributed by atoms with van der Waals surface area (Å²) in [6.45, 7) is 0. The van der Waals surface area contributed by atoms with Gasteiger partial charge in [-0.2, -0.15) is 0 Å². The quantitative estimate of drug-likeness (QED) is 0.795. The van der Waals surface area contributed by atoms with E-state index < -0.39 is 5.82 Å². The highest BCUT2D eigenvalue weighted by Gasteiger charge is 2.14. The molecule has 0 spiro atoms. The van der Waals surface area contributed by atoms with Crippen molar-refractivity contribution in [1.29, 1.82) is 0 Å². The van der Waals surface area contributed by atoms with Crippen molar-refractivity contribution >= 4 is 33.3 Å². The van der Waals surface area contributed by atoms with Crippen LogP contribution in [0.5, 0.6) is 0 Å². The van der Waals surface area contributed by atoms with Crippen molar-refractivity contribution in [3.8, 4) is 0 Å². The number of ketones is 1. The zero-order valence-electron chi connectivity index (χ0n) is 9.16. The van der Waals surface area contributed by atoms with Crippen LogP contribution in [0.2, 0.25) is 5.02 Å². The highest BCUT2D eigenvalue weighted by molar-refractivity contribution is 9.10. The Morgan fingerprint density at radius 3 is 2.89 bits per heavy atom. The number of rotatable bonds is 3.